The zero-order chi connectivity index (χ0) is 36.5. The van der Waals surface area contributed by atoms with E-state index in [0.717, 1.165) is 18.2 Å². The number of carbonyl (C=O) groups excluding carboxylic acids is 3. The molecule has 24 heteroatoms. The van der Waals surface area contributed by atoms with Crippen LogP contribution in [0.1, 0.15) is 39.9 Å². The van der Waals surface area contributed by atoms with Crippen LogP contribution in [0.5, 0.6) is 0 Å². The van der Waals surface area contributed by atoms with Crippen LogP contribution >= 0.6 is 0 Å². The summed E-state index contributed by atoms with van der Waals surface area (Å²) >= 11 is 0. The molecule has 6 rings (SSSR count). The van der Waals surface area contributed by atoms with Gasteiger partial charge in [-0.25, -0.2) is 9.29 Å². The van der Waals surface area contributed by atoms with Crippen LogP contribution in [-0.2, 0) is 41.8 Å². The molecule has 2 aromatic carbocycles. The van der Waals surface area contributed by atoms with Gasteiger partial charge in [0.2, 0.25) is 11.6 Å². The average molecular weight is 704 g/mol. The fourth-order valence-electron chi connectivity index (χ4n) is 5.87. The van der Waals surface area contributed by atoms with Gasteiger partial charge in [-0.2, -0.15) is 9.78 Å². The van der Waals surface area contributed by atoms with Crippen LogP contribution in [0.2, 0.25) is 0 Å². The van der Waals surface area contributed by atoms with Gasteiger partial charge in [-0.15, -0.1) is 4.90 Å². The number of halogens is 1. The molecule has 2 aromatic rings. The maximum atomic E-state index is 16.1. The second-order valence-electron chi connectivity index (χ2n) is 11.3. The maximum Gasteiger partial charge on any atom is 0.359 e. The number of piperidine rings is 1. The number of benzene rings is 2. The number of hydrogen-bond donors (Lipinski definition) is 15. The standard InChI is InChI=1S/C25H25FN4O19/c26-15-10(4-2-5-11(15)21(39)30-22(40,41)24(43,44)47-25(45,46)23(30,42)49-48-21)19(35,36)28-12-6-1-3-9-14(12)20(37,38)29(16(9)32)18(34)8-7-13(31)27-17(18)33/h1-6,28,34-46H,7-8H2,(H,27,31,33). The molecule has 0 saturated carbocycles. The van der Waals surface area contributed by atoms with E-state index in [1.165, 1.54) is 0 Å². The summed E-state index contributed by atoms with van der Waals surface area (Å²) in [5.41, 5.74) is -8.25. The van der Waals surface area contributed by atoms with E-state index in [4.69, 9.17) is 0 Å². The topological polar surface area (TPSA) is 372 Å². The largest absolute Gasteiger partial charge is 0.363 e. The first-order chi connectivity index (χ1) is 22.3. The van der Waals surface area contributed by atoms with Gasteiger partial charge in [0.15, 0.2) is 0 Å². The highest BCUT2D eigenvalue weighted by Gasteiger charge is 2.84. The molecule has 49 heavy (non-hydrogen) atoms. The molecule has 3 saturated heterocycles. The first-order valence-corrected chi connectivity index (χ1v) is 13.5. The van der Waals surface area contributed by atoms with Gasteiger partial charge in [0.25, 0.3) is 29.5 Å². The minimum atomic E-state index is -4.57. The number of imide groups is 1. The number of nitrogens with one attached hydrogen (secondary N) is 2. The van der Waals surface area contributed by atoms with Crippen molar-refractivity contribution in [2.24, 2.45) is 0 Å². The Kier molecular flexibility index (Phi) is 7.20. The lowest BCUT2D eigenvalue weighted by molar-refractivity contribution is -0.660. The molecule has 15 N–H and O–H groups in total. The number of amides is 3. The first-order valence-electron chi connectivity index (χ1n) is 13.5. The van der Waals surface area contributed by atoms with Gasteiger partial charge in [0, 0.05) is 18.5 Å². The fourth-order valence-corrected chi connectivity index (χ4v) is 5.87. The van der Waals surface area contributed by atoms with Gasteiger partial charge in [0.1, 0.15) is 5.82 Å². The number of nitrogens with zero attached hydrogens (tertiary/aromatic N) is 2. The van der Waals surface area contributed by atoms with Crippen molar-refractivity contribution >= 4 is 23.4 Å². The molecule has 3 unspecified atom stereocenters. The highest BCUT2D eigenvalue weighted by Crippen LogP contribution is 2.55. The molecule has 4 aliphatic heterocycles. The van der Waals surface area contributed by atoms with Gasteiger partial charge >= 0.3 is 23.8 Å². The molecule has 0 bridgehead atoms. The lowest BCUT2D eigenvalue weighted by Crippen LogP contribution is -2.85. The third-order valence-electron chi connectivity index (χ3n) is 8.20. The minimum Gasteiger partial charge on any atom is -0.363 e. The Bertz CT molecular complexity index is 1800. The number of fused-ring (bicyclic) bond motifs is 2. The lowest BCUT2D eigenvalue weighted by Gasteiger charge is -2.54. The highest BCUT2D eigenvalue weighted by atomic mass is 19.1. The van der Waals surface area contributed by atoms with Gasteiger partial charge in [-0.05, 0) is 24.3 Å². The molecule has 0 spiro atoms. The SMILES string of the molecule is O=C1CCC(O)(N2C(=O)c3cccc(NC(O)(O)c4cccc(C5(O)OOC6(O)N5C(O)(O)C(O)(O)OC6(O)O)c4F)c3C2(O)O)C(=O)N1. The summed E-state index contributed by atoms with van der Waals surface area (Å²) in [7, 11) is 0. The summed E-state index contributed by atoms with van der Waals surface area (Å²) in [6, 6.07) is 4.68. The molecule has 3 atom stereocenters. The van der Waals surface area contributed by atoms with Crippen LogP contribution < -0.4 is 10.6 Å². The van der Waals surface area contributed by atoms with Crippen LogP contribution in [0.15, 0.2) is 36.4 Å². The number of anilines is 1. The molecular weight excluding hydrogens is 679 g/mol. The number of ether oxygens (including phenoxy) is 1. The number of hydrogen-bond acceptors (Lipinski definition) is 21. The molecular formula is C25H25FN4O19. The quantitative estimate of drug-likeness (QED) is 0.0780. The molecule has 0 radical (unpaired) electrons. The van der Waals surface area contributed by atoms with Crippen LogP contribution in [0, 0.1) is 5.82 Å². The summed E-state index contributed by atoms with van der Waals surface area (Å²) in [5.74, 6) is -34.9. The van der Waals surface area contributed by atoms with Crippen molar-refractivity contribution in [3.63, 3.8) is 0 Å². The van der Waals surface area contributed by atoms with E-state index in [2.05, 4.69) is 14.5 Å². The highest BCUT2D eigenvalue weighted by molar-refractivity contribution is 6.08. The summed E-state index contributed by atoms with van der Waals surface area (Å²) in [6.07, 6.45) is -1.33. The third kappa shape index (κ3) is 4.48. The first kappa shape index (κ1) is 34.9. The van der Waals surface area contributed by atoms with Crippen molar-refractivity contribution in [1.29, 1.82) is 0 Å². The van der Waals surface area contributed by atoms with E-state index in [9.17, 15) is 80.8 Å². The second kappa shape index (κ2) is 10.1. The lowest BCUT2D eigenvalue weighted by atomic mass is 9.98. The Morgan fingerprint density at radius 2 is 1.49 bits per heavy atom. The van der Waals surface area contributed by atoms with Crippen LogP contribution in [-0.4, -0.2) is 123 Å². The van der Waals surface area contributed by atoms with Crippen molar-refractivity contribution < 1.29 is 99.7 Å². The molecule has 23 nitrogen and oxygen atoms in total. The van der Waals surface area contributed by atoms with Gasteiger partial charge in [0.05, 0.1) is 22.3 Å². The van der Waals surface area contributed by atoms with Gasteiger partial charge < -0.3 is 71.7 Å². The molecule has 266 valence electrons. The van der Waals surface area contributed by atoms with Crippen molar-refractivity contribution in [1.82, 2.24) is 15.1 Å². The minimum absolute atomic E-state index is 0.0909. The van der Waals surface area contributed by atoms with Gasteiger partial charge in [-0.1, -0.05) is 12.1 Å². The molecule has 3 fully saturated rings. The Hall–Kier alpha value is -3.90. The monoisotopic (exact) mass is 704 g/mol. The number of morpholine rings is 1. The van der Waals surface area contributed by atoms with Crippen LogP contribution in [0.3, 0.4) is 0 Å². The van der Waals surface area contributed by atoms with E-state index in [1.807, 2.05) is 5.32 Å². The zero-order valence-corrected chi connectivity index (χ0v) is 23.9. The molecule has 0 aromatic heterocycles. The van der Waals surface area contributed by atoms with E-state index in [-0.39, 0.29) is 4.90 Å². The molecule has 3 amide bonds. The Morgan fingerprint density at radius 3 is 2.12 bits per heavy atom. The Morgan fingerprint density at radius 1 is 0.857 bits per heavy atom. The van der Waals surface area contributed by atoms with Crippen LogP contribution in [0.4, 0.5) is 10.1 Å². The maximum absolute atomic E-state index is 16.1. The number of rotatable bonds is 5. The molecule has 0 aliphatic carbocycles. The van der Waals surface area contributed by atoms with E-state index < -0.39 is 116 Å². The summed E-state index contributed by atoms with van der Waals surface area (Å²) in [4.78, 5) is 45.0. The molecule has 4 heterocycles. The molecule has 4 aliphatic rings. The smallest absolute Gasteiger partial charge is 0.359 e. The van der Waals surface area contributed by atoms with Crippen molar-refractivity contribution in [3.05, 3.63) is 64.5 Å². The van der Waals surface area contributed by atoms with E-state index in [1.54, 1.807) is 5.32 Å². The van der Waals surface area contributed by atoms with Crippen LogP contribution in [0.25, 0.3) is 0 Å². The Labute approximate surface area is 268 Å². The van der Waals surface area contributed by atoms with Crippen molar-refractivity contribution in [3.8, 4) is 0 Å². The predicted molar refractivity (Wildman–Crippen MR) is 138 cm³/mol. The number of aliphatic hydroxyl groups is 13. The number of carbonyl (C=O) groups is 3. The zero-order valence-electron chi connectivity index (χ0n) is 23.9. The Balaban J connectivity index is 1.40. The predicted octanol–water partition coefficient (Wildman–Crippen LogP) is -7.33. The van der Waals surface area contributed by atoms with E-state index in [0.29, 0.717) is 18.2 Å². The summed E-state index contributed by atoms with van der Waals surface area (Å²) in [6.45, 7) is 0. The third-order valence-corrected chi connectivity index (χ3v) is 8.20. The average Bonchev–Trinajstić information content (AvgIpc) is 3.38. The normalized spacial score (nSPS) is 31.7. The van der Waals surface area contributed by atoms with Crippen molar-refractivity contribution in [2.45, 2.75) is 60.1 Å². The summed E-state index contributed by atoms with van der Waals surface area (Å²) < 4.78 is 20.0. The second-order valence-corrected chi connectivity index (χ2v) is 11.3. The summed E-state index contributed by atoms with van der Waals surface area (Å²) in [5, 5.41) is 141. The van der Waals surface area contributed by atoms with Crippen molar-refractivity contribution in [2.75, 3.05) is 5.32 Å². The van der Waals surface area contributed by atoms with Gasteiger partial charge in [-0.3, -0.25) is 24.4 Å². The van der Waals surface area contributed by atoms with E-state index >= 15 is 4.39 Å². The fraction of sp³-hybridized carbons (Fsp3) is 0.400.